The van der Waals surface area contributed by atoms with Crippen molar-refractivity contribution < 1.29 is 0 Å². The highest BCUT2D eigenvalue weighted by Gasteiger charge is 2.51. The zero-order valence-electron chi connectivity index (χ0n) is 28.7. The van der Waals surface area contributed by atoms with E-state index in [1.807, 2.05) is 23.5 Å². The van der Waals surface area contributed by atoms with Crippen LogP contribution in [0.15, 0.2) is 214 Å². The van der Waals surface area contributed by atoms with Gasteiger partial charge in [-0.3, -0.25) is 0 Å². The Hall–Kier alpha value is -5.72. The Bertz CT molecular complexity index is 2760. The summed E-state index contributed by atoms with van der Waals surface area (Å²) in [5.41, 5.74) is 7.13. The summed E-state index contributed by atoms with van der Waals surface area (Å²) in [7, 11) is -2.75. The van der Waals surface area contributed by atoms with Crippen LogP contribution < -0.4 is 25.6 Å². The normalized spacial score (nSPS) is 15.5. The summed E-state index contributed by atoms with van der Waals surface area (Å²) < 4.78 is 2.45. The maximum Gasteiger partial charge on any atom is 0.184 e. The van der Waals surface area contributed by atoms with Crippen LogP contribution in [0, 0.1) is 0 Å². The van der Waals surface area contributed by atoms with E-state index in [9.17, 15) is 0 Å². The maximum absolute atomic E-state index is 2.75. The van der Waals surface area contributed by atoms with E-state index in [1.165, 1.54) is 67.8 Å². The van der Waals surface area contributed by atoms with E-state index in [1.54, 1.807) is 0 Å². The molecule has 0 amide bonds. The molecule has 1 atom stereocenters. The monoisotopic (exact) mass is 728 g/mol. The van der Waals surface area contributed by atoms with Crippen molar-refractivity contribution in [3.63, 3.8) is 0 Å². The van der Waals surface area contributed by atoms with Crippen molar-refractivity contribution >= 4 is 91.2 Å². The summed E-state index contributed by atoms with van der Waals surface area (Å²) in [5.74, 6) is 0. The van der Waals surface area contributed by atoms with Crippen molar-refractivity contribution in [2.24, 2.45) is 0 Å². The van der Waals surface area contributed by atoms with Gasteiger partial charge in [-0.1, -0.05) is 145 Å². The second kappa shape index (κ2) is 12.2. The van der Waals surface area contributed by atoms with E-state index in [-0.39, 0.29) is 0 Å². The van der Waals surface area contributed by atoms with Gasteiger partial charge in [0, 0.05) is 53.1 Å². The molecule has 8 aromatic carbocycles. The second-order valence-electron chi connectivity index (χ2n) is 13.7. The highest BCUT2D eigenvalue weighted by atomic mass is 32.2. The van der Waals surface area contributed by atoms with E-state index in [4.69, 9.17) is 0 Å². The number of hydrogen-bond acceptors (Lipinski definition) is 3. The van der Waals surface area contributed by atoms with Crippen LogP contribution in [0.2, 0.25) is 0 Å². The lowest BCUT2D eigenvalue weighted by molar-refractivity contribution is 1.16. The van der Waals surface area contributed by atoms with Gasteiger partial charge in [0.15, 0.2) is 8.07 Å². The summed E-state index contributed by atoms with van der Waals surface area (Å²) in [5, 5.41) is 8.46. The van der Waals surface area contributed by atoms with E-state index in [0.29, 0.717) is 0 Å². The predicted molar refractivity (Wildman–Crippen MR) is 227 cm³/mol. The molecule has 0 saturated carbocycles. The molecule has 0 N–H and O–H groups in total. The minimum absolute atomic E-state index is 1.15. The number of nitrogens with zero attached hydrogens (tertiary/aromatic N) is 2. The average molecular weight is 729 g/mol. The summed E-state index contributed by atoms with van der Waals surface area (Å²) in [6, 6.07) is 72.0. The standard InChI is InChI=1S/C48H32N2S2Si/c1-4-15-33(16-5-1)49(34-17-6-2-7-18-34)35-27-29-46-44(31-35)51-42-25-14-26-43-48(42)53(46,37-19-8-3-9-20-37)47-30-28-36(32-45(47)52-43)50-40-23-12-10-21-38(40)39-22-11-13-24-41(39)50/h1-32H. The third-order valence-corrected chi connectivity index (χ3v) is 18.8. The minimum atomic E-state index is -2.75. The molecule has 0 aliphatic carbocycles. The highest BCUT2D eigenvalue weighted by molar-refractivity contribution is 8.01. The van der Waals surface area contributed by atoms with Gasteiger partial charge in [0.1, 0.15) is 0 Å². The zero-order valence-corrected chi connectivity index (χ0v) is 31.3. The Morgan fingerprint density at radius 3 is 1.51 bits per heavy atom. The third-order valence-electron chi connectivity index (χ3n) is 10.9. The molecule has 250 valence electrons. The van der Waals surface area contributed by atoms with Gasteiger partial charge in [-0.25, -0.2) is 0 Å². The van der Waals surface area contributed by atoms with Crippen LogP contribution in [0.25, 0.3) is 27.5 Å². The fourth-order valence-electron chi connectivity index (χ4n) is 8.74. The SMILES string of the molecule is c1ccc(N(c2ccccc2)c2ccc3c(c2)Sc2cccc4c2[Si]3(c2ccccc2)c2ccc(-n3c5ccccc5c5ccccc53)cc2S4)cc1. The minimum Gasteiger partial charge on any atom is -0.310 e. The van der Waals surface area contributed by atoms with Crippen LogP contribution in [-0.4, -0.2) is 12.6 Å². The van der Waals surface area contributed by atoms with Gasteiger partial charge >= 0.3 is 0 Å². The van der Waals surface area contributed by atoms with Gasteiger partial charge in [0.2, 0.25) is 0 Å². The molecular weight excluding hydrogens is 697 g/mol. The maximum atomic E-state index is 2.48. The molecule has 0 saturated heterocycles. The van der Waals surface area contributed by atoms with Crippen LogP contribution in [0.5, 0.6) is 0 Å². The molecule has 0 fully saturated rings. The molecule has 53 heavy (non-hydrogen) atoms. The van der Waals surface area contributed by atoms with Gasteiger partial charge in [-0.2, -0.15) is 0 Å². The Morgan fingerprint density at radius 1 is 0.396 bits per heavy atom. The van der Waals surface area contributed by atoms with Crippen molar-refractivity contribution in [2.45, 2.75) is 19.6 Å². The molecule has 1 unspecified atom stereocenters. The topological polar surface area (TPSA) is 8.17 Å². The van der Waals surface area contributed by atoms with E-state index < -0.39 is 8.07 Å². The molecule has 1 aromatic heterocycles. The van der Waals surface area contributed by atoms with Crippen LogP contribution >= 0.6 is 23.5 Å². The molecule has 0 spiro atoms. The summed E-state index contributed by atoms with van der Waals surface area (Å²) in [6.45, 7) is 0. The van der Waals surface area contributed by atoms with Crippen LogP contribution in [0.4, 0.5) is 17.1 Å². The Kier molecular flexibility index (Phi) is 7.09. The number of rotatable bonds is 5. The van der Waals surface area contributed by atoms with E-state index in [2.05, 4.69) is 204 Å². The lowest BCUT2D eigenvalue weighted by Crippen LogP contribution is -2.78. The summed E-state index contributed by atoms with van der Waals surface area (Å²) in [4.78, 5) is 7.82. The molecule has 0 bridgehead atoms. The Morgan fingerprint density at radius 2 is 0.906 bits per heavy atom. The number of anilines is 3. The van der Waals surface area contributed by atoms with Gasteiger partial charge in [0.25, 0.3) is 0 Å². The van der Waals surface area contributed by atoms with Crippen LogP contribution in [0.1, 0.15) is 0 Å². The van der Waals surface area contributed by atoms with Gasteiger partial charge in [-0.05, 0) is 93.5 Å². The zero-order chi connectivity index (χ0) is 34.9. The quantitative estimate of drug-likeness (QED) is 0.163. The first kappa shape index (κ1) is 30.9. The third kappa shape index (κ3) is 4.61. The summed E-state index contributed by atoms with van der Waals surface area (Å²) in [6.07, 6.45) is 0. The molecular formula is C48H32N2S2Si. The molecule has 3 heterocycles. The van der Waals surface area contributed by atoms with E-state index >= 15 is 0 Å². The number of fused-ring (bicyclic) bond motifs is 7. The van der Waals surface area contributed by atoms with Crippen molar-refractivity contribution in [1.29, 1.82) is 0 Å². The van der Waals surface area contributed by atoms with E-state index in [0.717, 1.165) is 17.1 Å². The first-order valence-electron chi connectivity index (χ1n) is 18.0. The first-order chi connectivity index (χ1) is 26.3. The Labute approximate surface area is 318 Å². The molecule has 11 rings (SSSR count). The number of aromatic nitrogens is 1. The lowest BCUT2D eigenvalue weighted by atomic mass is 10.2. The van der Waals surface area contributed by atoms with Crippen molar-refractivity contribution in [3.8, 4) is 5.69 Å². The van der Waals surface area contributed by atoms with Crippen molar-refractivity contribution in [1.82, 2.24) is 4.57 Å². The molecule has 2 aliphatic rings. The smallest absolute Gasteiger partial charge is 0.184 e. The second-order valence-corrected chi connectivity index (χ2v) is 19.5. The molecule has 9 aromatic rings. The largest absolute Gasteiger partial charge is 0.310 e. The molecule has 0 radical (unpaired) electrons. The predicted octanol–water partition coefficient (Wildman–Crippen LogP) is 10.6. The van der Waals surface area contributed by atoms with Gasteiger partial charge in [-0.15, -0.1) is 0 Å². The molecule has 2 nitrogen and oxygen atoms in total. The summed E-state index contributed by atoms with van der Waals surface area (Å²) >= 11 is 3.88. The fraction of sp³-hybridized carbons (Fsp3) is 0. The van der Waals surface area contributed by atoms with Crippen molar-refractivity contribution in [2.75, 3.05) is 4.90 Å². The lowest BCUT2D eigenvalue weighted by Gasteiger charge is -2.44. The van der Waals surface area contributed by atoms with Crippen molar-refractivity contribution in [3.05, 3.63) is 194 Å². The van der Waals surface area contributed by atoms with Gasteiger partial charge in [0.05, 0.1) is 11.0 Å². The first-order valence-corrected chi connectivity index (χ1v) is 21.6. The van der Waals surface area contributed by atoms with Crippen LogP contribution in [-0.2, 0) is 0 Å². The molecule has 2 aliphatic heterocycles. The highest BCUT2D eigenvalue weighted by Crippen LogP contribution is 2.45. The van der Waals surface area contributed by atoms with Gasteiger partial charge < -0.3 is 9.47 Å². The van der Waals surface area contributed by atoms with Crippen LogP contribution in [0.3, 0.4) is 0 Å². The molecule has 5 heteroatoms. The average Bonchev–Trinajstić information content (AvgIpc) is 3.56. The number of benzene rings is 8. The number of para-hydroxylation sites is 4. The fourth-order valence-corrected chi connectivity index (χ4v) is 18.0. The Balaban J connectivity index is 1.17. The number of hydrogen-bond donors (Lipinski definition) is 0.